The zero-order valence-corrected chi connectivity index (χ0v) is 21.0. The van der Waals surface area contributed by atoms with Crippen LogP contribution in [0.1, 0.15) is 168 Å². The minimum atomic E-state index is 0.918. The first-order chi connectivity index (χ1) is 14.3. The quantitative estimate of drug-likeness (QED) is 0.110. The van der Waals surface area contributed by atoms with Crippen molar-refractivity contribution in [1.82, 2.24) is 0 Å². The van der Waals surface area contributed by atoms with E-state index in [2.05, 4.69) is 32.9 Å². The van der Waals surface area contributed by atoms with E-state index >= 15 is 0 Å². The van der Waals surface area contributed by atoms with E-state index in [1.807, 2.05) is 0 Å². The smallest absolute Gasteiger partial charge is 0.0348 e. The summed E-state index contributed by atoms with van der Waals surface area (Å²) in [6, 6.07) is 0. The van der Waals surface area contributed by atoms with Crippen LogP contribution in [0.15, 0.2) is 12.2 Å². The fraction of sp³-hybridized carbons (Fsp3) is 0.931. The standard InChI is InChI=1S/C29H58/c1-4-6-8-10-12-14-16-17-18-20-22-24-26-28-29(3)27-25-23-21-19-15-13-11-9-7-5-2/h22,24,29H,4-21,23,25-28H2,1-3H3/b24-22+. The molecule has 0 saturated carbocycles. The van der Waals surface area contributed by atoms with Gasteiger partial charge in [0.1, 0.15) is 0 Å². The van der Waals surface area contributed by atoms with Crippen molar-refractivity contribution < 1.29 is 0 Å². The summed E-state index contributed by atoms with van der Waals surface area (Å²) >= 11 is 0. The van der Waals surface area contributed by atoms with Crippen LogP contribution in [0.25, 0.3) is 0 Å². The molecule has 0 aliphatic heterocycles. The zero-order valence-electron chi connectivity index (χ0n) is 21.0. The summed E-state index contributed by atoms with van der Waals surface area (Å²) in [6.45, 7) is 7.06. The summed E-state index contributed by atoms with van der Waals surface area (Å²) in [5.41, 5.74) is 0. The maximum absolute atomic E-state index is 2.46. The second kappa shape index (κ2) is 25.8. The second-order valence-electron chi connectivity index (χ2n) is 9.74. The fourth-order valence-corrected chi connectivity index (χ4v) is 4.31. The summed E-state index contributed by atoms with van der Waals surface area (Å²) in [5, 5.41) is 0. The molecule has 0 N–H and O–H groups in total. The monoisotopic (exact) mass is 406 g/mol. The summed E-state index contributed by atoms with van der Waals surface area (Å²) in [6.07, 6.45) is 37.9. The molecule has 0 aliphatic carbocycles. The SMILES string of the molecule is CCCCCCCCCCC/C=C/CCC(C)CCCCCCCCCCCC. The Hall–Kier alpha value is -0.260. The van der Waals surface area contributed by atoms with Crippen molar-refractivity contribution in [3.8, 4) is 0 Å². The first-order valence-corrected chi connectivity index (χ1v) is 14.0. The van der Waals surface area contributed by atoms with Gasteiger partial charge in [0.25, 0.3) is 0 Å². The lowest BCUT2D eigenvalue weighted by Gasteiger charge is -2.09. The molecule has 0 aromatic rings. The molecule has 0 aromatic heterocycles. The molecule has 1 atom stereocenters. The average molecular weight is 407 g/mol. The van der Waals surface area contributed by atoms with Gasteiger partial charge in [0.15, 0.2) is 0 Å². The Morgan fingerprint density at radius 3 is 1.28 bits per heavy atom. The van der Waals surface area contributed by atoms with E-state index in [0.29, 0.717) is 0 Å². The molecule has 0 aromatic carbocycles. The molecule has 0 aliphatic rings. The molecule has 0 bridgehead atoms. The van der Waals surface area contributed by atoms with Crippen molar-refractivity contribution in [2.75, 3.05) is 0 Å². The molecule has 0 spiro atoms. The van der Waals surface area contributed by atoms with Gasteiger partial charge in [-0.2, -0.15) is 0 Å². The van der Waals surface area contributed by atoms with Gasteiger partial charge in [-0.3, -0.25) is 0 Å². The van der Waals surface area contributed by atoms with Crippen LogP contribution in [-0.2, 0) is 0 Å². The molecule has 0 saturated heterocycles. The van der Waals surface area contributed by atoms with Crippen LogP contribution < -0.4 is 0 Å². The molecule has 0 radical (unpaired) electrons. The highest BCUT2D eigenvalue weighted by molar-refractivity contribution is 4.82. The molecular formula is C29H58. The summed E-state index contributed by atoms with van der Waals surface area (Å²) in [7, 11) is 0. The molecule has 0 rings (SSSR count). The number of unbranched alkanes of at least 4 members (excludes halogenated alkanes) is 18. The predicted molar refractivity (Wildman–Crippen MR) is 136 cm³/mol. The van der Waals surface area contributed by atoms with Crippen LogP contribution in [-0.4, -0.2) is 0 Å². The van der Waals surface area contributed by atoms with Crippen molar-refractivity contribution in [2.45, 2.75) is 168 Å². The van der Waals surface area contributed by atoms with Gasteiger partial charge in [-0.15, -0.1) is 0 Å². The van der Waals surface area contributed by atoms with Gasteiger partial charge in [-0.05, 0) is 31.6 Å². The second-order valence-corrected chi connectivity index (χ2v) is 9.74. The van der Waals surface area contributed by atoms with Crippen LogP contribution in [0.4, 0.5) is 0 Å². The van der Waals surface area contributed by atoms with Crippen molar-refractivity contribution in [2.24, 2.45) is 5.92 Å². The minimum Gasteiger partial charge on any atom is -0.0885 e. The number of hydrogen-bond acceptors (Lipinski definition) is 0. The average Bonchev–Trinajstić information content (AvgIpc) is 2.72. The van der Waals surface area contributed by atoms with E-state index in [-0.39, 0.29) is 0 Å². The van der Waals surface area contributed by atoms with Crippen LogP contribution in [0.2, 0.25) is 0 Å². The van der Waals surface area contributed by atoms with E-state index in [1.165, 1.54) is 148 Å². The lowest BCUT2D eigenvalue weighted by Crippen LogP contribution is -1.94. The first-order valence-electron chi connectivity index (χ1n) is 14.0. The largest absolute Gasteiger partial charge is 0.0885 e. The van der Waals surface area contributed by atoms with Crippen molar-refractivity contribution in [1.29, 1.82) is 0 Å². The van der Waals surface area contributed by atoms with Crippen molar-refractivity contribution >= 4 is 0 Å². The highest BCUT2D eigenvalue weighted by Crippen LogP contribution is 2.17. The zero-order chi connectivity index (χ0) is 21.3. The lowest BCUT2D eigenvalue weighted by atomic mass is 9.97. The molecule has 29 heavy (non-hydrogen) atoms. The van der Waals surface area contributed by atoms with Gasteiger partial charge < -0.3 is 0 Å². The molecule has 0 heterocycles. The molecule has 0 nitrogen and oxygen atoms in total. The summed E-state index contributed by atoms with van der Waals surface area (Å²) in [5.74, 6) is 0.918. The van der Waals surface area contributed by atoms with Crippen molar-refractivity contribution in [3.05, 3.63) is 12.2 Å². The summed E-state index contributed by atoms with van der Waals surface area (Å²) < 4.78 is 0. The number of hydrogen-bond donors (Lipinski definition) is 0. The Bertz CT molecular complexity index is 303. The highest BCUT2D eigenvalue weighted by Gasteiger charge is 2.01. The Morgan fingerprint density at radius 2 is 0.793 bits per heavy atom. The van der Waals surface area contributed by atoms with E-state index < -0.39 is 0 Å². The topological polar surface area (TPSA) is 0 Å². The van der Waals surface area contributed by atoms with Crippen LogP contribution in [0, 0.1) is 5.92 Å². The molecule has 0 heteroatoms. The third-order valence-electron chi connectivity index (χ3n) is 6.52. The van der Waals surface area contributed by atoms with E-state index in [0.717, 1.165) is 5.92 Å². The molecule has 1 unspecified atom stereocenters. The van der Waals surface area contributed by atoms with Crippen LogP contribution in [0.3, 0.4) is 0 Å². The number of rotatable bonds is 24. The Balaban J connectivity index is 3.21. The highest BCUT2D eigenvalue weighted by atomic mass is 14.1. The Labute approximate surface area is 186 Å². The van der Waals surface area contributed by atoms with Gasteiger partial charge in [0, 0.05) is 0 Å². The molecule has 174 valence electrons. The van der Waals surface area contributed by atoms with Crippen LogP contribution >= 0.6 is 0 Å². The number of allylic oxidation sites excluding steroid dienone is 2. The minimum absolute atomic E-state index is 0.918. The Morgan fingerprint density at radius 1 is 0.414 bits per heavy atom. The van der Waals surface area contributed by atoms with Crippen molar-refractivity contribution in [3.63, 3.8) is 0 Å². The van der Waals surface area contributed by atoms with E-state index in [9.17, 15) is 0 Å². The third kappa shape index (κ3) is 25.7. The van der Waals surface area contributed by atoms with Gasteiger partial charge >= 0.3 is 0 Å². The fourth-order valence-electron chi connectivity index (χ4n) is 4.31. The maximum Gasteiger partial charge on any atom is -0.0348 e. The maximum atomic E-state index is 2.46. The van der Waals surface area contributed by atoms with E-state index in [4.69, 9.17) is 0 Å². The van der Waals surface area contributed by atoms with Gasteiger partial charge in [-0.25, -0.2) is 0 Å². The molecular weight excluding hydrogens is 348 g/mol. The van der Waals surface area contributed by atoms with Gasteiger partial charge in [0.05, 0.1) is 0 Å². The lowest BCUT2D eigenvalue weighted by molar-refractivity contribution is 0.457. The van der Waals surface area contributed by atoms with Crippen LogP contribution in [0.5, 0.6) is 0 Å². The first kappa shape index (κ1) is 28.7. The Kier molecular flexibility index (Phi) is 25.5. The molecule has 0 fully saturated rings. The third-order valence-corrected chi connectivity index (χ3v) is 6.52. The van der Waals surface area contributed by atoms with E-state index in [1.54, 1.807) is 0 Å². The normalized spacial score (nSPS) is 12.8. The van der Waals surface area contributed by atoms with Gasteiger partial charge in [-0.1, -0.05) is 155 Å². The predicted octanol–water partition coefficient (Wildman–Crippen LogP) is 11.2. The molecule has 0 amide bonds. The summed E-state index contributed by atoms with van der Waals surface area (Å²) in [4.78, 5) is 0. The van der Waals surface area contributed by atoms with Gasteiger partial charge in [0.2, 0.25) is 0 Å².